The van der Waals surface area contributed by atoms with Gasteiger partial charge in [-0.2, -0.15) is 0 Å². The maximum Gasteiger partial charge on any atom is 0.251 e. The van der Waals surface area contributed by atoms with E-state index in [1.54, 1.807) is 0 Å². The van der Waals surface area contributed by atoms with Gasteiger partial charge in [-0.1, -0.05) is 6.07 Å². The molecule has 2 aliphatic heterocycles. The molecule has 0 spiro atoms. The van der Waals surface area contributed by atoms with Gasteiger partial charge in [0.05, 0.1) is 13.2 Å². The summed E-state index contributed by atoms with van der Waals surface area (Å²) >= 11 is 0. The monoisotopic (exact) mass is 361 g/mol. The Morgan fingerprint density at radius 3 is 2.70 bits per heavy atom. The number of hydrogen-bond donors (Lipinski definition) is 2. The number of ether oxygens (including phenoxy) is 1. The van der Waals surface area contributed by atoms with Crippen molar-refractivity contribution in [2.75, 3.05) is 32.8 Å². The number of carbonyl (C=O) groups is 1. The molecule has 7 heteroatoms. The van der Waals surface area contributed by atoms with E-state index in [-0.39, 0.29) is 36.8 Å². The number of carbonyl (C=O) groups excluding carboxylic acids is 1. The second-order valence-corrected chi connectivity index (χ2v) is 5.87. The predicted molar refractivity (Wildman–Crippen MR) is 95.7 cm³/mol. The van der Waals surface area contributed by atoms with Gasteiger partial charge in [0, 0.05) is 44.3 Å². The molecule has 2 aliphatic rings. The summed E-state index contributed by atoms with van der Waals surface area (Å²) in [6, 6.07) is 6.12. The lowest BCUT2D eigenvalue weighted by Gasteiger charge is -2.29. The van der Waals surface area contributed by atoms with Gasteiger partial charge in [-0.05, 0) is 30.2 Å². The third kappa shape index (κ3) is 5.33. The van der Waals surface area contributed by atoms with Crippen molar-refractivity contribution in [2.24, 2.45) is 0 Å². The Morgan fingerprint density at radius 2 is 1.96 bits per heavy atom. The highest BCUT2D eigenvalue weighted by Gasteiger charge is 2.17. The zero-order valence-electron chi connectivity index (χ0n) is 13.3. The van der Waals surface area contributed by atoms with E-state index in [2.05, 4.69) is 28.5 Å². The molecule has 130 valence electrons. The van der Waals surface area contributed by atoms with Crippen molar-refractivity contribution >= 4 is 30.7 Å². The average molecular weight is 362 g/mol. The van der Waals surface area contributed by atoms with Crippen molar-refractivity contribution in [3.05, 3.63) is 34.9 Å². The summed E-state index contributed by atoms with van der Waals surface area (Å²) in [5, 5.41) is 6.39. The first-order valence-electron chi connectivity index (χ1n) is 7.66. The molecule has 5 nitrogen and oxygen atoms in total. The molecule has 0 bridgehead atoms. The molecule has 3 rings (SSSR count). The van der Waals surface area contributed by atoms with E-state index < -0.39 is 0 Å². The van der Waals surface area contributed by atoms with Gasteiger partial charge < -0.3 is 15.4 Å². The quantitative estimate of drug-likeness (QED) is 0.854. The van der Waals surface area contributed by atoms with Crippen LogP contribution in [0.15, 0.2) is 18.2 Å². The van der Waals surface area contributed by atoms with Crippen LogP contribution >= 0.6 is 24.8 Å². The van der Waals surface area contributed by atoms with Crippen LogP contribution in [0, 0.1) is 0 Å². The van der Waals surface area contributed by atoms with Gasteiger partial charge in [0.2, 0.25) is 0 Å². The zero-order valence-corrected chi connectivity index (χ0v) is 15.0. The highest BCUT2D eigenvalue weighted by molar-refractivity contribution is 5.94. The molecular formula is C16H25Cl2N3O2. The molecule has 0 aliphatic carbocycles. The molecule has 1 atom stereocenters. The number of halogens is 2. The molecule has 1 aromatic rings. The summed E-state index contributed by atoms with van der Waals surface area (Å²) in [5.41, 5.74) is 3.29. The first-order chi connectivity index (χ1) is 10.2. The van der Waals surface area contributed by atoms with Crippen molar-refractivity contribution in [2.45, 2.75) is 26.1 Å². The lowest BCUT2D eigenvalue weighted by molar-refractivity contribution is 0.0342. The van der Waals surface area contributed by atoms with E-state index in [4.69, 9.17) is 4.74 Å². The molecule has 23 heavy (non-hydrogen) atoms. The Bertz CT molecular complexity index is 522. The molecule has 1 unspecified atom stereocenters. The van der Waals surface area contributed by atoms with Crippen molar-refractivity contribution < 1.29 is 9.53 Å². The number of benzene rings is 1. The van der Waals surface area contributed by atoms with Crippen molar-refractivity contribution in [3.63, 3.8) is 0 Å². The number of nitrogens with one attached hydrogen (secondary N) is 2. The van der Waals surface area contributed by atoms with Crippen LogP contribution in [0.2, 0.25) is 0 Å². The molecule has 1 aromatic carbocycles. The summed E-state index contributed by atoms with van der Waals surface area (Å²) in [6.45, 7) is 8.18. The van der Waals surface area contributed by atoms with Crippen molar-refractivity contribution in [3.8, 4) is 0 Å². The van der Waals surface area contributed by atoms with Gasteiger partial charge in [-0.3, -0.25) is 9.69 Å². The highest BCUT2D eigenvalue weighted by Crippen LogP contribution is 2.17. The Labute approximate surface area is 150 Å². The second-order valence-electron chi connectivity index (χ2n) is 5.87. The Balaban J connectivity index is 0.00000132. The Hall–Kier alpha value is -0.850. The highest BCUT2D eigenvalue weighted by atomic mass is 35.5. The largest absolute Gasteiger partial charge is 0.379 e. The molecule has 2 heterocycles. The maximum absolute atomic E-state index is 12.3. The number of morpholine rings is 1. The van der Waals surface area contributed by atoms with E-state index >= 15 is 0 Å². The van der Waals surface area contributed by atoms with Gasteiger partial charge in [0.1, 0.15) is 0 Å². The second kappa shape index (κ2) is 9.45. The van der Waals surface area contributed by atoms with Crippen molar-refractivity contribution in [1.29, 1.82) is 0 Å². The van der Waals surface area contributed by atoms with E-state index in [0.29, 0.717) is 0 Å². The third-order valence-electron chi connectivity index (χ3n) is 4.11. The third-order valence-corrected chi connectivity index (χ3v) is 4.11. The zero-order chi connectivity index (χ0) is 14.7. The maximum atomic E-state index is 12.3. The Morgan fingerprint density at radius 1 is 1.26 bits per heavy atom. The average Bonchev–Trinajstić information content (AvgIpc) is 2.95. The molecular weight excluding hydrogens is 337 g/mol. The van der Waals surface area contributed by atoms with Gasteiger partial charge in [0.25, 0.3) is 5.91 Å². The fourth-order valence-corrected chi connectivity index (χ4v) is 2.96. The topological polar surface area (TPSA) is 53.6 Å². The van der Waals surface area contributed by atoms with E-state index in [9.17, 15) is 4.79 Å². The number of hydrogen-bond acceptors (Lipinski definition) is 4. The van der Waals surface area contributed by atoms with Crippen LogP contribution in [-0.2, 0) is 17.8 Å². The molecule has 0 radical (unpaired) electrons. The minimum absolute atomic E-state index is 0. The minimum Gasteiger partial charge on any atom is -0.379 e. The van der Waals surface area contributed by atoms with Crippen LogP contribution < -0.4 is 10.6 Å². The molecule has 2 N–H and O–H groups in total. The van der Waals surface area contributed by atoms with Crippen LogP contribution in [0.1, 0.15) is 28.4 Å². The first kappa shape index (κ1) is 20.2. The lowest BCUT2D eigenvalue weighted by atomic mass is 10.1. The lowest BCUT2D eigenvalue weighted by Crippen LogP contribution is -2.46. The van der Waals surface area contributed by atoms with Crippen LogP contribution in [0.25, 0.3) is 0 Å². The summed E-state index contributed by atoms with van der Waals surface area (Å²) in [7, 11) is 0. The normalized spacial score (nSPS) is 18.3. The van der Waals surface area contributed by atoms with Crippen molar-refractivity contribution in [1.82, 2.24) is 15.5 Å². The van der Waals surface area contributed by atoms with Gasteiger partial charge in [-0.15, -0.1) is 24.8 Å². The minimum atomic E-state index is 0. The van der Waals surface area contributed by atoms with Crippen LogP contribution in [0.5, 0.6) is 0 Å². The predicted octanol–water partition coefficient (Wildman–Crippen LogP) is 1.58. The molecule has 1 fully saturated rings. The number of rotatable bonds is 4. The van der Waals surface area contributed by atoms with E-state index in [1.165, 1.54) is 11.1 Å². The summed E-state index contributed by atoms with van der Waals surface area (Å²) in [6.07, 6.45) is 0. The van der Waals surface area contributed by atoms with E-state index in [1.807, 2.05) is 12.1 Å². The number of nitrogens with zero attached hydrogens (tertiary/aromatic N) is 1. The standard InChI is InChI=1S/C16H23N3O2.2ClH/c1-12(11-19-4-6-21-7-5-19)18-16(20)13-2-3-14-9-17-10-15(14)8-13;;/h2-3,8,12,17H,4-7,9-11H2,1H3,(H,18,20);2*1H. The Kier molecular flexibility index (Phi) is 8.29. The van der Waals surface area contributed by atoms with Gasteiger partial charge in [-0.25, -0.2) is 0 Å². The number of amides is 1. The van der Waals surface area contributed by atoms with Crippen LogP contribution in [-0.4, -0.2) is 49.7 Å². The fourth-order valence-electron chi connectivity index (χ4n) is 2.96. The molecule has 0 aromatic heterocycles. The molecule has 0 saturated carbocycles. The fraction of sp³-hybridized carbons (Fsp3) is 0.562. The smallest absolute Gasteiger partial charge is 0.251 e. The summed E-state index contributed by atoms with van der Waals surface area (Å²) in [4.78, 5) is 14.7. The number of fused-ring (bicyclic) bond motifs is 1. The first-order valence-corrected chi connectivity index (χ1v) is 7.66. The summed E-state index contributed by atoms with van der Waals surface area (Å²) in [5.74, 6) is 0.0189. The van der Waals surface area contributed by atoms with E-state index in [0.717, 1.165) is 51.5 Å². The van der Waals surface area contributed by atoms with Crippen LogP contribution in [0.3, 0.4) is 0 Å². The van der Waals surface area contributed by atoms with Gasteiger partial charge >= 0.3 is 0 Å². The summed E-state index contributed by atoms with van der Waals surface area (Å²) < 4.78 is 5.34. The molecule has 1 saturated heterocycles. The van der Waals surface area contributed by atoms with Gasteiger partial charge in [0.15, 0.2) is 0 Å². The van der Waals surface area contributed by atoms with Crippen LogP contribution in [0.4, 0.5) is 0 Å². The molecule has 1 amide bonds. The SMILES string of the molecule is CC(CN1CCOCC1)NC(=O)c1ccc2c(c1)CNC2.Cl.Cl.